The fraction of sp³-hybridized carbons (Fsp3) is 0.182. The topological polar surface area (TPSA) is 69.5 Å². The van der Waals surface area contributed by atoms with Crippen LogP contribution in [0.1, 0.15) is 34.5 Å². The van der Waals surface area contributed by atoms with Crippen molar-refractivity contribution in [3.05, 3.63) is 87.6 Å². The number of carbonyl (C=O) groups is 1. The highest BCUT2D eigenvalue weighted by molar-refractivity contribution is 7.10. The highest BCUT2D eigenvalue weighted by atomic mass is 32.1. The summed E-state index contributed by atoms with van der Waals surface area (Å²) in [5, 5.41) is 16.1. The molecule has 1 heterocycles. The van der Waals surface area contributed by atoms with E-state index in [2.05, 4.69) is 59.3 Å². The van der Waals surface area contributed by atoms with Gasteiger partial charge in [-0.15, -0.1) is 11.3 Å². The number of benzene rings is 2. The molecule has 0 bridgehead atoms. The summed E-state index contributed by atoms with van der Waals surface area (Å²) in [6.45, 7) is 3.97. The second-order valence-electron chi connectivity index (χ2n) is 6.57. The van der Waals surface area contributed by atoms with E-state index in [4.69, 9.17) is 5.26 Å². The Morgan fingerprint density at radius 1 is 1.15 bits per heavy atom. The molecule has 1 amide bonds. The lowest BCUT2D eigenvalue weighted by atomic mass is 10.0. The first-order valence-electron chi connectivity index (χ1n) is 8.83. The van der Waals surface area contributed by atoms with Crippen LogP contribution in [-0.4, -0.2) is 11.9 Å². The van der Waals surface area contributed by atoms with Crippen LogP contribution in [0.5, 0.6) is 0 Å². The molecule has 0 saturated carbocycles. The van der Waals surface area contributed by atoms with Gasteiger partial charge in [0.15, 0.2) is 6.04 Å². The monoisotopic (exact) mass is 376 g/mol. The Labute approximate surface area is 163 Å². The first kappa shape index (κ1) is 18.8. The van der Waals surface area contributed by atoms with Gasteiger partial charge in [0.25, 0.3) is 5.91 Å². The summed E-state index contributed by atoms with van der Waals surface area (Å²) in [6.07, 6.45) is 0. The number of hydrogen-bond donors (Lipinski definition) is 2. The molecule has 2 atom stereocenters. The van der Waals surface area contributed by atoms with Crippen molar-refractivity contribution in [2.75, 3.05) is 5.32 Å². The summed E-state index contributed by atoms with van der Waals surface area (Å²) in [5.74, 6) is -0.0845. The summed E-state index contributed by atoms with van der Waals surface area (Å²) in [4.78, 5) is 13.9. The number of nitrogens with zero attached hydrogens (tertiary/aromatic N) is 1. The van der Waals surface area contributed by atoms with E-state index in [1.54, 1.807) is 35.6 Å². The van der Waals surface area contributed by atoms with Crippen LogP contribution in [0.25, 0.3) is 0 Å². The smallest absolute Gasteiger partial charge is 0.282 e. The summed E-state index contributed by atoms with van der Waals surface area (Å²) >= 11 is 1.69. The van der Waals surface area contributed by atoms with E-state index < -0.39 is 0 Å². The van der Waals surface area contributed by atoms with Crippen LogP contribution in [0.3, 0.4) is 0 Å². The largest absolute Gasteiger partial charge is 0.326 e. The molecule has 0 radical (unpaired) electrons. The van der Waals surface area contributed by atoms with Crippen molar-refractivity contribution in [1.29, 1.82) is 5.26 Å². The lowest BCUT2D eigenvalue weighted by Gasteiger charge is -2.19. The third-order valence-corrected chi connectivity index (χ3v) is 5.40. The Hall–Kier alpha value is -2.94. The molecule has 0 unspecified atom stereocenters. The number of aryl methyl sites for hydroxylation is 1. The standard InChI is InChI=1S/C22H21N3OS/c1-15-8-10-18(11-9-15)21(20-7-4-12-27-20)24-16(2)22(26)25-19-6-3-5-17(13-19)14-23/h3-13,16,21,24H,1-2H3,(H,25,26)/p+1/t16-,21-/m1/s1. The van der Waals surface area contributed by atoms with Crippen LogP contribution in [0, 0.1) is 18.3 Å². The summed E-state index contributed by atoms with van der Waals surface area (Å²) in [5.41, 5.74) is 3.56. The fourth-order valence-electron chi connectivity index (χ4n) is 2.91. The molecular weight excluding hydrogens is 354 g/mol. The average Bonchev–Trinajstić information content (AvgIpc) is 3.21. The zero-order chi connectivity index (χ0) is 19.2. The maximum Gasteiger partial charge on any atom is 0.282 e. The number of carbonyl (C=O) groups excluding carboxylic acids is 1. The molecule has 3 N–H and O–H groups in total. The average molecular weight is 377 g/mol. The van der Waals surface area contributed by atoms with Gasteiger partial charge in [-0.3, -0.25) is 4.79 Å². The van der Waals surface area contributed by atoms with Crippen molar-refractivity contribution in [2.24, 2.45) is 0 Å². The predicted octanol–water partition coefficient (Wildman–Crippen LogP) is 3.61. The second kappa shape index (κ2) is 8.63. The Bertz CT molecular complexity index is 942. The van der Waals surface area contributed by atoms with E-state index in [0.29, 0.717) is 11.3 Å². The number of nitrogens with one attached hydrogen (secondary N) is 1. The van der Waals surface area contributed by atoms with Crippen molar-refractivity contribution in [1.82, 2.24) is 0 Å². The summed E-state index contributed by atoms with van der Waals surface area (Å²) in [6, 6.07) is 21.4. The van der Waals surface area contributed by atoms with E-state index in [9.17, 15) is 4.79 Å². The van der Waals surface area contributed by atoms with Crippen LogP contribution in [0.2, 0.25) is 0 Å². The minimum atomic E-state index is -0.288. The minimum absolute atomic E-state index is 0.0665. The molecule has 1 aromatic heterocycles. The van der Waals surface area contributed by atoms with Gasteiger partial charge in [0.05, 0.1) is 16.5 Å². The van der Waals surface area contributed by atoms with Gasteiger partial charge in [-0.1, -0.05) is 42.0 Å². The molecule has 0 aliphatic heterocycles. The first-order valence-corrected chi connectivity index (χ1v) is 9.71. The van der Waals surface area contributed by atoms with Gasteiger partial charge >= 0.3 is 0 Å². The van der Waals surface area contributed by atoms with Crippen LogP contribution in [-0.2, 0) is 4.79 Å². The highest BCUT2D eigenvalue weighted by Crippen LogP contribution is 2.23. The van der Waals surface area contributed by atoms with E-state index in [0.717, 1.165) is 0 Å². The molecule has 2 aromatic carbocycles. The molecule has 0 aliphatic rings. The Kier molecular flexibility index (Phi) is 6.02. The maximum absolute atomic E-state index is 12.7. The highest BCUT2D eigenvalue weighted by Gasteiger charge is 2.25. The van der Waals surface area contributed by atoms with E-state index in [1.807, 2.05) is 13.0 Å². The second-order valence-corrected chi connectivity index (χ2v) is 7.55. The lowest BCUT2D eigenvalue weighted by Crippen LogP contribution is -2.92. The Balaban J connectivity index is 1.75. The van der Waals surface area contributed by atoms with E-state index in [1.165, 1.54) is 16.0 Å². The number of nitriles is 1. The third-order valence-electron chi connectivity index (χ3n) is 4.44. The molecule has 136 valence electrons. The van der Waals surface area contributed by atoms with Gasteiger partial charge in [0, 0.05) is 11.3 Å². The number of quaternary nitrogens is 1. The Morgan fingerprint density at radius 3 is 2.59 bits per heavy atom. The molecule has 0 aliphatic carbocycles. The van der Waals surface area contributed by atoms with Crippen molar-refractivity contribution in [2.45, 2.75) is 25.9 Å². The number of rotatable bonds is 6. The van der Waals surface area contributed by atoms with Crippen molar-refractivity contribution < 1.29 is 10.1 Å². The molecule has 0 spiro atoms. The van der Waals surface area contributed by atoms with E-state index in [-0.39, 0.29) is 18.0 Å². The first-order chi connectivity index (χ1) is 13.1. The molecule has 3 aromatic rings. The van der Waals surface area contributed by atoms with Gasteiger partial charge in [-0.25, -0.2) is 0 Å². The molecule has 0 saturated heterocycles. The van der Waals surface area contributed by atoms with Crippen molar-refractivity contribution >= 4 is 22.9 Å². The van der Waals surface area contributed by atoms with Gasteiger partial charge in [-0.05, 0) is 43.5 Å². The number of amides is 1. The SMILES string of the molecule is Cc1ccc([C@@H]([NH2+][C@H](C)C(=O)Nc2cccc(C#N)c2)c2cccs2)cc1. The van der Waals surface area contributed by atoms with Gasteiger partial charge < -0.3 is 10.6 Å². The normalized spacial score (nSPS) is 12.8. The van der Waals surface area contributed by atoms with Crippen LogP contribution in [0.15, 0.2) is 66.0 Å². The summed E-state index contributed by atoms with van der Waals surface area (Å²) in [7, 11) is 0. The lowest BCUT2D eigenvalue weighted by molar-refractivity contribution is -0.703. The van der Waals surface area contributed by atoms with Gasteiger partial charge in [0.2, 0.25) is 0 Å². The number of anilines is 1. The number of nitrogens with two attached hydrogens (primary N) is 1. The molecule has 3 rings (SSSR count). The van der Waals surface area contributed by atoms with Crippen LogP contribution in [0.4, 0.5) is 5.69 Å². The molecule has 0 fully saturated rings. The molecular formula is C22H22N3OS+. The van der Waals surface area contributed by atoms with Crippen molar-refractivity contribution in [3.63, 3.8) is 0 Å². The van der Waals surface area contributed by atoms with Gasteiger partial charge in [-0.2, -0.15) is 5.26 Å². The summed E-state index contributed by atoms with van der Waals surface area (Å²) < 4.78 is 0. The minimum Gasteiger partial charge on any atom is -0.326 e. The number of hydrogen-bond acceptors (Lipinski definition) is 3. The van der Waals surface area contributed by atoms with Gasteiger partial charge in [0.1, 0.15) is 6.04 Å². The third kappa shape index (κ3) is 4.82. The number of thiophene rings is 1. The zero-order valence-electron chi connectivity index (χ0n) is 15.3. The maximum atomic E-state index is 12.7. The van der Waals surface area contributed by atoms with Crippen LogP contribution < -0.4 is 10.6 Å². The molecule has 27 heavy (non-hydrogen) atoms. The fourth-order valence-corrected chi connectivity index (χ4v) is 3.74. The molecule has 4 nitrogen and oxygen atoms in total. The van der Waals surface area contributed by atoms with E-state index >= 15 is 0 Å². The zero-order valence-corrected chi connectivity index (χ0v) is 16.2. The van der Waals surface area contributed by atoms with Crippen molar-refractivity contribution in [3.8, 4) is 6.07 Å². The molecule has 5 heteroatoms. The van der Waals surface area contributed by atoms with Crippen LogP contribution >= 0.6 is 11.3 Å². The predicted molar refractivity (Wildman–Crippen MR) is 109 cm³/mol. The Morgan fingerprint density at radius 2 is 1.93 bits per heavy atom. The quantitative estimate of drug-likeness (QED) is 0.690.